The summed E-state index contributed by atoms with van der Waals surface area (Å²) >= 11 is 9.79. The van der Waals surface area contributed by atoms with Crippen LogP contribution in [0.3, 0.4) is 0 Å². The monoisotopic (exact) mass is 338 g/mol. The second-order valence-corrected chi connectivity index (χ2v) is 5.80. The van der Waals surface area contributed by atoms with Gasteiger partial charge in [-0.3, -0.25) is 11.3 Å². The molecule has 0 spiro atoms. The van der Waals surface area contributed by atoms with Crippen molar-refractivity contribution in [3.05, 3.63) is 68.7 Å². The molecule has 2 aromatic carbocycles. The SMILES string of the molecule is Cc1ccc(C(Cc2ccccc2Cl)NN)c(Br)c1. The highest BCUT2D eigenvalue weighted by Crippen LogP contribution is 2.28. The molecule has 0 amide bonds. The summed E-state index contributed by atoms with van der Waals surface area (Å²) in [6.07, 6.45) is 0.748. The first-order chi connectivity index (χ1) is 9.11. The highest BCUT2D eigenvalue weighted by atomic mass is 79.9. The fourth-order valence-electron chi connectivity index (χ4n) is 2.06. The Balaban J connectivity index is 2.28. The Kier molecular flexibility index (Phi) is 4.99. The van der Waals surface area contributed by atoms with Gasteiger partial charge in [0.05, 0.1) is 6.04 Å². The molecule has 2 rings (SSSR count). The summed E-state index contributed by atoms with van der Waals surface area (Å²) in [5, 5.41) is 0.769. The second-order valence-electron chi connectivity index (χ2n) is 4.54. The Morgan fingerprint density at radius 1 is 1.26 bits per heavy atom. The normalized spacial score (nSPS) is 12.4. The molecule has 100 valence electrons. The zero-order chi connectivity index (χ0) is 13.8. The number of benzene rings is 2. The molecule has 0 heterocycles. The van der Waals surface area contributed by atoms with Crippen LogP contribution in [0.15, 0.2) is 46.9 Å². The zero-order valence-corrected chi connectivity index (χ0v) is 13.0. The second kappa shape index (κ2) is 6.53. The van der Waals surface area contributed by atoms with E-state index in [-0.39, 0.29) is 6.04 Å². The Bertz CT molecular complexity index is 572. The Morgan fingerprint density at radius 2 is 2.00 bits per heavy atom. The molecule has 0 aliphatic heterocycles. The molecule has 0 radical (unpaired) electrons. The Labute approximate surface area is 127 Å². The number of hydrogen-bond acceptors (Lipinski definition) is 2. The van der Waals surface area contributed by atoms with E-state index in [4.69, 9.17) is 17.4 Å². The first-order valence-electron chi connectivity index (χ1n) is 6.07. The summed E-state index contributed by atoms with van der Waals surface area (Å²) in [6, 6.07) is 14.1. The van der Waals surface area contributed by atoms with E-state index < -0.39 is 0 Å². The van der Waals surface area contributed by atoms with E-state index in [0.717, 1.165) is 27.0 Å². The molecule has 0 aliphatic rings. The van der Waals surface area contributed by atoms with E-state index in [9.17, 15) is 0 Å². The van der Waals surface area contributed by atoms with Gasteiger partial charge in [-0.1, -0.05) is 57.9 Å². The van der Waals surface area contributed by atoms with E-state index in [1.54, 1.807) is 0 Å². The lowest BCUT2D eigenvalue weighted by Crippen LogP contribution is -2.30. The van der Waals surface area contributed by atoms with Gasteiger partial charge in [-0.05, 0) is 42.2 Å². The number of hydrogen-bond donors (Lipinski definition) is 2. The lowest BCUT2D eigenvalue weighted by molar-refractivity contribution is 0.550. The maximum absolute atomic E-state index is 6.20. The summed E-state index contributed by atoms with van der Waals surface area (Å²) in [5.74, 6) is 5.70. The minimum Gasteiger partial charge on any atom is -0.271 e. The molecule has 2 nitrogen and oxygen atoms in total. The largest absolute Gasteiger partial charge is 0.271 e. The van der Waals surface area contributed by atoms with E-state index >= 15 is 0 Å². The van der Waals surface area contributed by atoms with Crippen LogP contribution in [0.4, 0.5) is 0 Å². The summed E-state index contributed by atoms with van der Waals surface area (Å²) < 4.78 is 1.06. The third kappa shape index (κ3) is 3.57. The van der Waals surface area contributed by atoms with Crippen LogP contribution < -0.4 is 11.3 Å². The minimum absolute atomic E-state index is 0.0230. The van der Waals surface area contributed by atoms with E-state index in [1.165, 1.54) is 5.56 Å². The third-order valence-electron chi connectivity index (χ3n) is 3.11. The third-order valence-corrected chi connectivity index (χ3v) is 4.17. The smallest absolute Gasteiger partial charge is 0.0511 e. The van der Waals surface area contributed by atoms with Crippen LogP contribution in [0.1, 0.15) is 22.7 Å². The van der Waals surface area contributed by atoms with Gasteiger partial charge in [0.2, 0.25) is 0 Å². The molecule has 0 fully saturated rings. The first kappa shape index (κ1) is 14.5. The van der Waals surface area contributed by atoms with Gasteiger partial charge in [0, 0.05) is 9.50 Å². The van der Waals surface area contributed by atoms with Crippen molar-refractivity contribution >= 4 is 27.5 Å². The highest BCUT2D eigenvalue weighted by Gasteiger charge is 2.15. The predicted molar refractivity (Wildman–Crippen MR) is 84.1 cm³/mol. The van der Waals surface area contributed by atoms with Gasteiger partial charge in [0.1, 0.15) is 0 Å². The van der Waals surface area contributed by atoms with Crippen LogP contribution in [-0.4, -0.2) is 0 Å². The van der Waals surface area contributed by atoms with Crippen molar-refractivity contribution in [3.8, 4) is 0 Å². The summed E-state index contributed by atoms with van der Waals surface area (Å²) in [5.41, 5.74) is 6.29. The molecular formula is C15H16BrClN2. The average Bonchev–Trinajstić information content (AvgIpc) is 2.39. The van der Waals surface area contributed by atoms with Gasteiger partial charge >= 0.3 is 0 Å². The van der Waals surface area contributed by atoms with Gasteiger partial charge in [-0.15, -0.1) is 0 Å². The number of aryl methyl sites for hydroxylation is 1. The minimum atomic E-state index is 0.0230. The van der Waals surface area contributed by atoms with Crippen LogP contribution in [-0.2, 0) is 6.42 Å². The van der Waals surface area contributed by atoms with Gasteiger partial charge in [0.25, 0.3) is 0 Å². The first-order valence-corrected chi connectivity index (χ1v) is 7.24. The summed E-state index contributed by atoms with van der Waals surface area (Å²) in [4.78, 5) is 0. The summed E-state index contributed by atoms with van der Waals surface area (Å²) in [6.45, 7) is 2.06. The van der Waals surface area contributed by atoms with Crippen LogP contribution >= 0.6 is 27.5 Å². The summed E-state index contributed by atoms with van der Waals surface area (Å²) in [7, 11) is 0. The van der Waals surface area contributed by atoms with Crippen LogP contribution in [0.5, 0.6) is 0 Å². The lowest BCUT2D eigenvalue weighted by atomic mass is 9.98. The number of hydrazine groups is 1. The molecule has 0 aliphatic carbocycles. The molecule has 4 heteroatoms. The molecule has 1 atom stereocenters. The van der Waals surface area contributed by atoms with Crippen molar-refractivity contribution in [1.29, 1.82) is 0 Å². The quantitative estimate of drug-likeness (QED) is 0.648. The van der Waals surface area contributed by atoms with Crippen molar-refractivity contribution in [3.63, 3.8) is 0 Å². The molecule has 0 aromatic heterocycles. The number of halogens is 2. The maximum Gasteiger partial charge on any atom is 0.0511 e. The van der Waals surface area contributed by atoms with Crippen molar-refractivity contribution in [2.45, 2.75) is 19.4 Å². The predicted octanol–water partition coefficient (Wildman–Crippen LogP) is 4.16. The average molecular weight is 340 g/mol. The van der Waals surface area contributed by atoms with Crippen LogP contribution in [0.2, 0.25) is 5.02 Å². The van der Waals surface area contributed by atoms with Crippen molar-refractivity contribution < 1.29 is 0 Å². The van der Waals surface area contributed by atoms with Crippen LogP contribution in [0, 0.1) is 6.92 Å². The molecule has 0 saturated heterocycles. The van der Waals surface area contributed by atoms with Gasteiger partial charge < -0.3 is 0 Å². The number of nitrogens with two attached hydrogens (primary N) is 1. The fraction of sp³-hybridized carbons (Fsp3) is 0.200. The molecule has 0 saturated carbocycles. The van der Waals surface area contributed by atoms with E-state index in [0.29, 0.717) is 0 Å². The van der Waals surface area contributed by atoms with Gasteiger partial charge in [0.15, 0.2) is 0 Å². The number of rotatable bonds is 4. The molecule has 19 heavy (non-hydrogen) atoms. The van der Waals surface area contributed by atoms with Gasteiger partial charge in [-0.25, -0.2) is 0 Å². The highest BCUT2D eigenvalue weighted by molar-refractivity contribution is 9.10. The lowest BCUT2D eigenvalue weighted by Gasteiger charge is -2.19. The van der Waals surface area contributed by atoms with E-state index in [1.807, 2.05) is 24.3 Å². The fourth-order valence-corrected chi connectivity index (χ4v) is 3.04. The van der Waals surface area contributed by atoms with Gasteiger partial charge in [-0.2, -0.15) is 0 Å². The maximum atomic E-state index is 6.20. The molecule has 0 bridgehead atoms. The van der Waals surface area contributed by atoms with Crippen molar-refractivity contribution in [2.75, 3.05) is 0 Å². The van der Waals surface area contributed by atoms with Crippen molar-refractivity contribution in [2.24, 2.45) is 5.84 Å². The molecule has 1 unspecified atom stereocenters. The Morgan fingerprint density at radius 3 is 2.63 bits per heavy atom. The Hall–Kier alpha value is -0.870. The molecule has 3 N–H and O–H groups in total. The number of nitrogens with one attached hydrogen (secondary N) is 1. The standard InChI is InChI=1S/C15H16BrClN2/c1-10-6-7-12(13(16)8-10)15(19-18)9-11-4-2-3-5-14(11)17/h2-8,15,19H,9,18H2,1H3. The topological polar surface area (TPSA) is 38.0 Å². The molecular weight excluding hydrogens is 324 g/mol. The molecule has 2 aromatic rings. The van der Waals surface area contributed by atoms with E-state index in [2.05, 4.69) is 46.5 Å². The van der Waals surface area contributed by atoms with Crippen molar-refractivity contribution in [1.82, 2.24) is 5.43 Å². The zero-order valence-electron chi connectivity index (χ0n) is 10.7. The van der Waals surface area contributed by atoms with Crippen LogP contribution in [0.25, 0.3) is 0 Å².